The summed E-state index contributed by atoms with van der Waals surface area (Å²) in [4.78, 5) is 30.9. The van der Waals surface area contributed by atoms with Crippen LogP contribution in [-0.2, 0) is 19.4 Å². The summed E-state index contributed by atoms with van der Waals surface area (Å²) in [5.74, 6) is 1.30. The zero-order valence-electron chi connectivity index (χ0n) is 27.6. The molecule has 50 heavy (non-hydrogen) atoms. The van der Waals surface area contributed by atoms with E-state index in [4.69, 9.17) is 23.5 Å². The highest BCUT2D eigenvalue weighted by molar-refractivity contribution is 7.32. The number of carbonyl (C=O) groups is 1. The van der Waals surface area contributed by atoms with Gasteiger partial charge in [0.1, 0.15) is 35.3 Å². The first kappa shape index (κ1) is 34.8. The Morgan fingerprint density at radius 3 is 1.98 bits per heavy atom. The quantitative estimate of drug-likeness (QED) is 0.0956. The van der Waals surface area contributed by atoms with E-state index in [1.54, 1.807) is 44.6 Å². The van der Waals surface area contributed by atoms with Gasteiger partial charge in [0.2, 0.25) is 5.88 Å². The van der Waals surface area contributed by atoms with Crippen LogP contribution in [0.4, 0.5) is 5.82 Å². The molecule has 0 spiro atoms. The molecule has 1 aromatic heterocycles. The lowest BCUT2D eigenvalue weighted by Gasteiger charge is -2.37. The number of nitrogens with zero attached hydrogens (tertiary/aromatic N) is 2. The predicted octanol–water partition coefficient (Wildman–Crippen LogP) is 6.68. The summed E-state index contributed by atoms with van der Waals surface area (Å²) in [6.45, 7) is 0.161. The zero-order chi connectivity index (χ0) is 34.9. The number of rotatable bonds is 14. The van der Waals surface area contributed by atoms with Gasteiger partial charge in [0.15, 0.2) is 0 Å². The molecule has 11 nitrogen and oxygen atoms in total. The third-order valence-electron chi connectivity index (χ3n) is 8.73. The maximum absolute atomic E-state index is 12.7. The molecule has 4 aromatic carbocycles. The largest absolute Gasteiger partial charge is 0.497 e. The number of amides is 1. The van der Waals surface area contributed by atoms with E-state index in [-0.39, 0.29) is 30.1 Å². The Balaban J connectivity index is 1.27. The Hall–Kier alpha value is -5.06. The number of hydrogen-bond donors (Lipinski definition) is 2. The Labute approximate surface area is 291 Å². The van der Waals surface area contributed by atoms with Crippen LogP contribution >= 0.6 is 8.25 Å². The van der Waals surface area contributed by atoms with Crippen molar-refractivity contribution in [2.45, 2.75) is 30.7 Å². The number of hydrogen-bond acceptors (Lipinski definition) is 9. The first-order valence-corrected chi connectivity index (χ1v) is 17.4. The molecule has 1 amide bonds. The molecule has 2 N–H and O–H groups in total. The van der Waals surface area contributed by atoms with Gasteiger partial charge in [0.25, 0.3) is 5.91 Å². The fourth-order valence-corrected chi connectivity index (χ4v) is 6.86. The fraction of sp³-hybridized carbons (Fsp3) is 0.237. The van der Waals surface area contributed by atoms with Gasteiger partial charge in [-0.3, -0.25) is 9.36 Å². The average Bonchev–Trinajstić information content (AvgIpc) is 3.52. The van der Waals surface area contributed by atoms with Crippen molar-refractivity contribution >= 4 is 20.0 Å². The highest BCUT2D eigenvalue weighted by Crippen LogP contribution is 2.44. The molecule has 1 saturated carbocycles. The van der Waals surface area contributed by atoms with Gasteiger partial charge < -0.3 is 33.7 Å². The second-order valence-electron chi connectivity index (χ2n) is 11.8. The van der Waals surface area contributed by atoms with Gasteiger partial charge in [-0.15, -0.1) is 0 Å². The van der Waals surface area contributed by atoms with Crippen LogP contribution in [0.2, 0.25) is 0 Å². The monoisotopic (exact) mass is 695 g/mol. The molecule has 5 aromatic rings. The van der Waals surface area contributed by atoms with Gasteiger partial charge in [0, 0.05) is 24.0 Å². The normalized spacial score (nSPS) is 17.9. The molecule has 0 aliphatic heterocycles. The lowest BCUT2D eigenvalue weighted by molar-refractivity contribution is -0.0260. The molecular weight excluding hydrogens is 657 g/mol. The topological polar surface area (TPSA) is 138 Å². The van der Waals surface area contributed by atoms with Crippen molar-refractivity contribution in [2.75, 3.05) is 26.1 Å². The Morgan fingerprint density at radius 2 is 1.40 bits per heavy atom. The van der Waals surface area contributed by atoms with E-state index in [2.05, 4.69) is 15.3 Å². The number of methoxy groups -OCH3 is 2. The molecule has 1 aliphatic carbocycles. The minimum absolute atomic E-state index is 0.161. The van der Waals surface area contributed by atoms with E-state index in [0.29, 0.717) is 29.9 Å². The highest BCUT2D eigenvalue weighted by atomic mass is 31.1. The summed E-state index contributed by atoms with van der Waals surface area (Å²) in [6, 6.07) is 35.7. The third kappa shape index (κ3) is 8.04. The van der Waals surface area contributed by atoms with Crippen molar-refractivity contribution in [3.63, 3.8) is 0 Å². The number of aromatic nitrogens is 2. The maximum Gasteiger partial charge on any atom is 0.316 e. The van der Waals surface area contributed by atoms with Gasteiger partial charge in [-0.1, -0.05) is 72.8 Å². The van der Waals surface area contributed by atoms with Crippen LogP contribution in [0.25, 0.3) is 0 Å². The van der Waals surface area contributed by atoms with Crippen molar-refractivity contribution in [3.8, 4) is 17.4 Å². The molecule has 4 atom stereocenters. The van der Waals surface area contributed by atoms with E-state index in [9.17, 15) is 14.3 Å². The number of anilines is 1. The third-order valence-corrected chi connectivity index (χ3v) is 9.24. The summed E-state index contributed by atoms with van der Waals surface area (Å²) >= 11 is 0. The minimum Gasteiger partial charge on any atom is -0.497 e. The maximum atomic E-state index is 12.7. The molecule has 1 unspecified atom stereocenters. The smallest absolute Gasteiger partial charge is 0.316 e. The zero-order valence-corrected chi connectivity index (χ0v) is 28.6. The molecule has 0 radical (unpaired) electrons. The molecule has 258 valence electrons. The summed E-state index contributed by atoms with van der Waals surface area (Å²) in [7, 11) is -0.0382. The van der Waals surface area contributed by atoms with Gasteiger partial charge in [-0.25, -0.2) is 9.97 Å². The molecule has 1 aliphatic rings. The minimum atomic E-state index is -3.28. The van der Waals surface area contributed by atoms with Crippen molar-refractivity contribution in [2.24, 2.45) is 5.92 Å². The second kappa shape index (κ2) is 16.1. The summed E-state index contributed by atoms with van der Waals surface area (Å²) < 4.78 is 41.8. The molecule has 0 saturated heterocycles. The second-order valence-corrected chi connectivity index (χ2v) is 12.5. The van der Waals surface area contributed by atoms with Crippen molar-refractivity contribution in [1.29, 1.82) is 0 Å². The van der Waals surface area contributed by atoms with Gasteiger partial charge in [-0.05, 0) is 59.5 Å². The Morgan fingerprint density at radius 1 is 0.820 bits per heavy atom. The van der Waals surface area contributed by atoms with Crippen LogP contribution in [0.3, 0.4) is 0 Å². The van der Waals surface area contributed by atoms with Crippen LogP contribution < -0.4 is 19.5 Å². The Bertz CT molecular complexity index is 1830. The van der Waals surface area contributed by atoms with Crippen molar-refractivity contribution in [1.82, 2.24) is 9.97 Å². The van der Waals surface area contributed by atoms with Crippen molar-refractivity contribution in [3.05, 3.63) is 144 Å². The molecule has 1 heterocycles. The molecular formula is C38H38N3O8P. The lowest BCUT2D eigenvalue weighted by Crippen LogP contribution is -2.36. The highest BCUT2D eigenvalue weighted by Gasteiger charge is 2.43. The van der Waals surface area contributed by atoms with Crippen LogP contribution in [0.1, 0.15) is 39.9 Å². The van der Waals surface area contributed by atoms with Crippen LogP contribution in [-0.4, -0.2) is 53.8 Å². The van der Waals surface area contributed by atoms with E-state index < -0.39 is 26.1 Å². The van der Waals surface area contributed by atoms with Crippen LogP contribution in [0.15, 0.2) is 122 Å². The number of carbonyl (C=O) groups excluding carboxylic acids is 1. The van der Waals surface area contributed by atoms with E-state index in [0.717, 1.165) is 16.7 Å². The SMILES string of the molecule is COc1ccc(C(OC[C@H]2C[C@@H](Oc3cc(NC(=O)c4ccccc4)ncn3)C[C@@H]2O[PH](=O)O)(c2ccccc2)c2ccc(OC)cc2)cc1. The van der Waals surface area contributed by atoms with E-state index in [1.807, 2.05) is 84.9 Å². The predicted molar refractivity (Wildman–Crippen MR) is 188 cm³/mol. The van der Waals surface area contributed by atoms with Crippen LogP contribution in [0.5, 0.6) is 17.4 Å². The molecule has 6 rings (SSSR count). The van der Waals surface area contributed by atoms with Gasteiger partial charge in [-0.2, -0.15) is 0 Å². The van der Waals surface area contributed by atoms with Gasteiger partial charge >= 0.3 is 8.25 Å². The first-order chi connectivity index (χ1) is 24.4. The summed E-state index contributed by atoms with van der Waals surface area (Å²) in [5.41, 5.74) is 2.02. The molecule has 12 heteroatoms. The number of ether oxygens (including phenoxy) is 4. The van der Waals surface area contributed by atoms with Gasteiger partial charge in [0.05, 0.1) is 26.9 Å². The fourth-order valence-electron chi connectivity index (χ4n) is 6.31. The Kier molecular flexibility index (Phi) is 11.2. The summed E-state index contributed by atoms with van der Waals surface area (Å²) in [6.07, 6.45) is 1.03. The van der Waals surface area contributed by atoms with Crippen molar-refractivity contribution < 1.29 is 37.7 Å². The standard InChI is InChI=1S/C38H38N3O8P/c1-45-31-17-13-29(14-18-31)38(28-11-7-4-8-12-28,30-15-19-32(46-2)20-16-30)47-24-27-21-33(22-34(27)49-50(43)44)48-36-23-35(39-25-40-36)41-37(42)26-9-5-3-6-10-26/h3-20,23,25,27,33-34,50H,21-22,24H2,1-2H3,(H,43,44)(H,39,40,41,42)/t27-,33-,34+/m1/s1. The number of nitrogens with one attached hydrogen (secondary N) is 1. The molecule has 1 fully saturated rings. The average molecular weight is 696 g/mol. The lowest BCUT2D eigenvalue weighted by atomic mass is 9.80. The first-order valence-electron chi connectivity index (χ1n) is 16.1. The molecule has 0 bridgehead atoms. The van der Waals surface area contributed by atoms with E-state index in [1.165, 1.54) is 6.33 Å². The van der Waals surface area contributed by atoms with E-state index >= 15 is 0 Å². The van der Waals surface area contributed by atoms with Crippen LogP contribution in [0, 0.1) is 5.92 Å². The summed E-state index contributed by atoms with van der Waals surface area (Å²) in [5, 5.41) is 2.76. The number of benzene rings is 4.